The number of carbonyl (C=O) groups is 1. The van der Waals surface area contributed by atoms with Crippen LogP contribution < -0.4 is 19.5 Å². The Labute approximate surface area is 161 Å². The van der Waals surface area contributed by atoms with Crippen molar-refractivity contribution in [2.24, 2.45) is 17.8 Å². The van der Waals surface area contributed by atoms with Crippen molar-refractivity contribution < 1.29 is 19.0 Å². The molecule has 0 spiro atoms. The molecule has 2 unspecified atom stereocenters. The van der Waals surface area contributed by atoms with E-state index in [1.165, 1.54) is 32.1 Å². The van der Waals surface area contributed by atoms with Gasteiger partial charge in [0.1, 0.15) is 17.2 Å². The molecule has 4 aliphatic rings. The number of fused-ring (bicyclic) bond motifs is 1. The molecular formula is C21H30N2O4. The van der Waals surface area contributed by atoms with Gasteiger partial charge in [0.2, 0.25) is 0 Å². The number of nitrogens with one attached hydrogen (secondary N) is 1. The third-order valence-corrected chi connectivity index (χ3v) is 6.60. The molecule has 4 fully saturated rings. The van der Waals surface area contributed by atoms with Gasteiger partial charge in [-0.15, -0.1) is 0 Å². The number of benzene rings is 1. The zero-order valence-corrected chi connectivity index (χ0v) is 16.5. The van der Waals surface area contributed by atoms with E-state index in [2.05, 4.69) is 10.2 Å². The van der Waals surface area contributed by atoms with E-state index in [1.807, 2.05) is 12.1 Å². The van der Waals surface area contributed by atoms with Crippen molar-refractivity contribution in [1.82, 2.24) is 10.2 Å². The second kappa shape index (κ2) is 7.49. The number of urea groups is 1. The fourth-order valence-electron chi connectivity index (χ4n) is 5.55. The quantitative estimate of drug-likeness (QED) is 0.858. The minimum absolute atomic E-state index is 0.0353. The Balaban J connectivity index is 1.48. The first-order valence-corrected chi connectivity index (χ1v) is 9.94. The van der Waals surface area contributed by atoms with E-state index in [0.29, 0.717) is 35.8 Å². The zero-order chi connectivity index (χ0) is 19.0. The lowest BCUT2D eigenvalue weighted by molar-refractivity contribution is 0.131. The first-order valence-electron chi connectivity index (χ1n) is 9.94. The summed E-state index contributed by atoms with van der Waals surface area (Å²) in [6, 6.07) is 4.07. The summed E-state index contributed by atoms with van der Waals surface area (Å²) in [5.41, 5.74) is 0.829. The lowest BCUT2D eigenvalue weighted by Crippen LogP contribution is -2.47. The van der Waals surface area contributed by atoms with Gasteiger partial charge in [0.15, 0.2) is 0 Å². The molecule has 2 saturated heterocycles. The number of ether oxygens (including phenoxy) is 3. The van der Waals surface area contributed by atoms with E-state index >= 15 is 0 Å². The van der Waals surface area contributed by atoms with E-state index in [0.717, 1.165) is 23.9 Å². The molecule has 1 aromatic rings. The number of methoxy groups -OCH3 is 3. The maximum Gasteiger partial charge on any atom is 0.317 e. The Bertz CT molecular complexity index is 668. The predicted molar refractivity (Wildman–Crippen MR) is 102 cm³/mol. The molecule has 2 atom stereocenters. The third-order valence-electron chi connectivity index (χ3n) is 6.60. The number of nitrogens with zero attached hydrogens (tertiary/aromatic N) is 1. The van der Waals surface area contributed by atoms with Crippen LogP contribution in [0.25, 0.3) is 0 Å². The molecule has 2 amide bonds. The van der Waals surface area contributed by atoms with Gasteiger partial charge in [-0.1, -0.05) is 0 Å². The van der Waals surface area contributed by atoms with E-state index < -0.39 is 0 Å². The first kappa shape index (κ1) is 18.3. The standard InChI is InChI=1S/C21H30N2O4/c1-25-17-9-19(26-2)18(20(10-17)27-3)11-22-21(24)23-12-15-5-13-4-14(6-15)8-16(23)7-13/h9-10,13-16H,4-8,11-12H2,1-3H3,(H,22,24). The molecule has 4 bridgehead atoms. The maximum atomic E-state index is 13.0. The van der Waals surface area contributed by atoms with Gasteiger partial charge in [-0.2, -0.15) is 0 Å². The minimum atomic E-state index is 0.0353. The molecule has 0 radical (unpaired) electrons. The molecule has 6 nitrogen and oxygen atoms in total. The Hall–Kier alpha value is -2.11. The van der Waals surface area contributed by atoms with Gasteiger partial charge in [-0.25, -0.2) is 4.79 Å². The highest BCUT2D eigenvalue weighted by atomic mass is 16.5. The number of hydrogen-bond acceptors (Lipinski definition) is 4. The number of rotatable bonds is 5. The molecule has 2 aliphatic heterocycles. The highest BCUT2D eigenvalue weighted by molar-refractivity contribution is 5.75. The van der Waals surface area contributed by atoms with E-state index in [-0.39, 0.29) is 6.03 Å². The van der Waals surface area contributed by atoms with Crippen molar-refractivity contribution >= 4 is 6.03 Å². The second-order valence-corrected chi connectivity index (χ2v) is 8.25. The largest absolute Gasteiger partial charge is 0.496 e. The lowest BCUT2D eigenvalue weighted by atomic mass is 9.68. The van der Waals surface area contributed by atoms with Gasteiger partial charge < -0.3 is 24.4 Å². The normalized spacial score (nSPS) is 28.6. The van der Waals surface area contributed by atoms with Gasteiger partial charge >= 0.3 is 6.03 Å². The smallest absolute Gasteiger partial charge is 0.317 e. The van der Waals surface area contributed by atoms with E-state index in [9.17, 15) is 4.79 Å². The van der Waals surface area contributed by atoms with Crippen LogP contribution >= 0.6 is 0 Å². The van der Waals surface area contributed by atoms with Crippen LogP contribution in [-0.4, -0.2) is 44.8 Å². The zero-order valence-electron chi connectivity index (χ0n) is 16.5. The monoisotopic (exact) mass is 374 g/mol. The molecule has 1 N–H and O–H groups in total. The number of amides is 2. The van der Waals surface area contributed by atoms with Crippen LogP contribution in [-0.2, 0) is 6.54 Å². The van der Waals surface area contributed by atoms with Crippen LogP contribution in [0, 0.1) is 17.8 Å². The van der Waals surface area contributed by atoms with Crippen LogP contribution in [0.5, 0.6) is 17.2 Å². The summed E-state index contributed by atoms with van der Waals surface area (Å²) in [5, 5.41) is 3.11. The highest BCUT2D eigenvalue weighted by Crippen LogP contribution is 2.47. The summed E-state index contributed by atoms with van der Waals surface area (Å²) >= 11 is 0. The molecule has 2 heterocycles. The Morgan fingerprint density at radius 3 is 2.11 bits per heavy atom. The highest BCUT2D eigenvalue weighted by Gasteiger charge is 2.44. The summed E-state index contributed by atoms with van der Waals surface area (Å²) in [7, 11) is 4.84. The summed E-state index contributed by atoms with van der Waals surface area (Å²) in [5.74, 6) is 4.31. The van der Waals surface area contributed by atoms with Crippen LogP contribution in [0.3, 0.4) is 0 Å². The topological polar surface area (TPSA) is 60.0 Å². The van der Waals surface area contributed by atoms with E-state index in [1.54, 1.807) is 21.3 Å². The molecule has 1 aromatic carbocycles. The molecule has 5 rings (SSSR count). The predicted octanol–water partition coefficient (Wildman–Crippen LogP) is 3.43. The van der Waals surface area contributed by atoms with Gasteiger partial charge in [0, 0.05) is 24.7 Å². The van der Waals surface area contributed by atoms with Crippen LogP contribution in [0.15, 0.2) is 12.1 Å². The summed E-state index contributed by atoms with van der Waals surface area (Å²) < 4.78 is 16.3. The SMILES string of the molecule is COc1cc(OC)c(CNC(=O)N2CC3CC4CC(C3)CC2C4)c(OC)c1. The molecule has 2 aliphatic carbocycles. The fourth-order valence-corrected chi connectivity index (χ4v) is 5.55. The van der Waals surface area contributed by atoms with Crippen LogP contribution in [0.4, 0.5) is 4.79 Å². The van der Waals surface area contributed by atoms with Crippen molar-refractivity contribution in [3.8, 4) is 17.2 Å². The van der Waals surface area contributed by atoms with Gasteiger partial charge in [-0.05, 0) is 49.9 Å². The molecular weight excluding hydrogens is 344 g/mol. The molecule has 0 aromatic heterocycles. The second-order valence-electron chi connectivity index (χ2n) is 8.25. The average Bonchev–Trinajstić information content (AvgIpc) is 2.88. The van der Waals surface area contributed by atoms with Crippen molar-refractivity contribution in [1.29, 1.82) is 0 Å². The summed E-state index contributed by atoms with van der Waals surface area (Å²) in [4.78, 5) is 15.1. The number of carbonyl (C=O) groups excluding carboxylic acids is 1. The van der Waals surface area contributed by atoms with Crippen LogP contribution in [0.1, 0.15) is 37.7 Å². The van der Waals surface area contributed by atoms with Gasteiger partial charge in [0.05, 0.1) is 33.4 Å². The summed E-state index contributed by atoms with van der Waals surface area (Å²) in [6.45, 7) is 1.27. The van der Waals surface area contributed by atoms with Crippen LogP contribution in [0.2, 0.25) is 0 Å². The van der Waals surface area contributed by atoms with Gasteiger partial charge in [-0.3, -0.25) is 0 Å². The molecule has 148 valence electrons. The Kier molecular flexibility index (Phi) is 5.06. The van der Waals surface area contributed by atoms with Crippen molar-refractivity contribution in [3.05, 3.63) is 17.7 Å². The lowest BCUT2D eigenvalue weighted by Gasteiger charge is -2.38. The Morgan fingerprint density at radius 2 is 1.56 bits per heavy atom. The van der Waals surface area contributed by atoms with Gasteiger partial charge in [0.25, 0.3) is 0 Å². The van der Waals surface area contributed by atoms with Crippen molar-refractivity contribution in [3.63, 3.8) is 0 Å². The van der Waals surface area contributed by atoms with Crippen molar-refractivity contribution in [2.75, 3.05) is 27.9 Å². The number of hydrogen-bond donors (Lipinski definition) is 1. The fraction of sp³-hybridized carbons (Fsp3) is 0.667. The first-order chi connectivity index (χ1) is 13.1. The molecule has 6 heteroatoms. The maximum absolute atomic E-state index is 13.0. The molecule has 27 heavy (non-hydrogen) atoms. The average molecular weight is 374 g/mol. The Morgan fingerprint density at radius 1 is 0.963 bits per heavy atom. The van der Waals surface area contributed by atoms with E-state index in [4.69, 9.17) is 14.2 Å². The summed E-state index contributed by atoms with van der Waals surface area (Å²) in [6.07, 6.45) is 6.34. The van der Waals surface area contributed by atoms with Crippen molar-refractivity contribution in [2.45, 2.75) is 44.7 Å². The third kappa shape index (κ3) is 3.54. The molecule has 2 saturated carbocycles. The minimum Gasteiger partial charge on any atom is -0.496 e.